The number of hydrogen-bond acceptors (Lipinski definition) is 15. The van der Waals surface area contributed by atoms with Crippen LogP contribution in [0.1, 0.15) is 466 Å². The van der Waals surface area contributed by atoms with Crippen LogP contribution in [0.5, 0.6) is 0 Å². The molecule has 0 amide bonds. The van der Waals surface area contributed by atoms with Crippen molar-refractivity contribution in [2.75, 3.05) is 39.6 Å². The molecule has 3 N–H and O–H groups in total. The Bertz CT molecular complexity index is 2060. The molecule has 636 valence electrons. The SMILES string of the molecule is CCCCCCCCCCCCCCCCCCCCCCC(=O)O[C@H](COC(=O)CCCCCCCCCCCCCCCCCCC(C)C)COP(=O)(O)OC[C@@H](O)COP(=O)(O)OC[C@@H](COC(=O)CCCCCCCCCC(C)C)OC(=O)CCCCCCCCCCCCCCCCC(C)CC. The first-order chi connectivity index (χ1) is 51.8. The van der Waals surface area contributed by atoms with Crippen LogP contribution in [0.25, 0.3) is 0 Å². The molecule has 0 aliphatic carbocycles. The standard InChI is InChI=1S/C88H172O17P2/c1-8-10-11-12-13-14-15-16-17-18-19-20-21-26-32-37-42-49-57-64-71-87(92)104-83(75-98-85(90)69-62-55-48-41-36-31-25-23-22-24-29-34-39-45-52-59-66-79(3)4)77-102-106(94,95)100-73-82(89)74-101-107(96,97)103-78-84(76-99-86(91)70-63-56-51-44-46-53-60-67-80(5)6)105-88(93)72-65-58-50-43-38-33-28-27-30-35-40-47-54-61-68-81(7)9-2/h79-84,89H,8-78H2,1-7H3,(H,94,95)(H,96,97)/t81?,82-,83-,84-/m1/s1. The van der Waals surface area contributed by atoms with Gasteiger partial charge >= 0.3 is 39.5 Å². The Hall–Kier alpha value is -1.94. The van der Waals surface area contributed by atoms with Crippen molar-refractivity contribution >= 4 is 39.5 Å². The number of ether oxygens (including phenoxy) is 4. The maximum Gasteiger partial charge on any atom is 0.472 e. The summed E-state index contributed by atoms with van der Waals surface area (Å²) < 4.78 is 69.0. The fourth-order valence-electron chi connectivity index (χ4n) is 13.7. The smallest absolute Gasteiger partial charge is 0.462 e. The molecule has 0 aromatic carbocycles. The second-order valence-corrected chi connectivity index (χ2v) is 35.7. The average molecular weight is 1560 g/mol. The van der Waals surface area contributed by atoms with Gasteiger partial charge in [-0.05, 0) is 43.4 Å². The minimum absolute atomic E-state index is 0.107. The fourth-order valence-corrected chi connectivity index (χ4v) is 15.3. The second kappa shape index (κ2) is 78.0. The minimum atomic E-state index is -4.97. The quantitative estimate of drug-likeness (QED) is 0.0222. The number of rotatable bonds is 86. The molecule has 0 fully saturated rings. The predicted molar refractivity (Wildman–Crippen MR) is 441 cm³/mol. The molecular weight excluding hydrogens is 1390 g/mol. The zero-order valence-corrected chi connectivity index (χ0v) is 72.4. The highest BCUT2D eigenvalue weighted by Gasteiger charge is 2.31. The van der Waals surface area contributed by atoms with E-state index in [1.54, 1.807) is 0 Å². The number of carbonyl (C=O) groups excluding carboxylic acids is 4. The molecule has 0 spiro atoms. The lowest BCUT2D eigenvalue weighted by Crippen LogP contribution is -2.30. The van der Waals surface area contributed by atoms with Gasteiger partial charge in [-0.1, -0.05) is 414 Å². The first-order valence-electron chi connectivity index (χ1n) is 45.4. The minimum Gasteiger partial charge on any atom is -0.462 e. The van der Waals surface area contributed by atoms with Crippen molar-refractivity contribution in [1.82, 2.24) is 0 Å². The molecule has 107 heavy (non-hydrogen) atoms. The first kappa shape index (κ1) is 105. The lowest BCUT2D eigenvalue weighted by molar-refractivity contribution is -0.161. The van der Waals surface area contributed by atoms with Crippen LogP contribution < -0.4 is 0 Å². The van der Waals surface area contributed by atoms with Crippen LogP contribution in [-0.2, 0) is 65.4 Å². The normalized spacial score (nSPS) is 14.1. The fraction of sp³-hybridized carbons (Fsp3) is 0.955. The van der Waals surface area contributed by atoms with Crippen molar-refractivity contribution in [3.63, 3.8) is 0 Å². The van der Waals surface area contributed by atoms with E-state index in [9.17, 15) is 43.2 Å². The van der Waals surface area contributed by atoms with E-state index in [4.69, 9.17) is 37.0 Å². The van der Waals surface area contributed by atoms with Crippen LogP contribution in [0.15, 0.2) is 0 Å². The van der Waals surface area contributed by atoms with Gasteiger partial charge in [-0.2, -0.15) is 0 Å². The second-order valence-electron chi connectivity index (χ2n) is 32.8. The summed E-state index contributed by atoms with van der Waals surface area (Å²) >= 11 is 0. The van der Waals surface area contributed by atoms with Crippen LogP contribution in [0.3, 0.4) is 0 Å². The molecule has 0 bridgehead atoms. The Morgan fingerprint density at radius 2 is 0.477 bits per heavy atom. The number of aliphatic hydroxyl groups excluding tert-OH is 1. The Balaban J connectivity index is 5.23. The Morgan fingerprint density at radius 1 is 0.271 bits per heavy atom. The molecule has 17 nitrogen and oxygen atoms in total. The molecule has 0 heterocycles. The summed E-state index contributed by atoms with van der Waals surface area (Å²) in [4.78, 5) is 73.3. The van der Waals surface area contributed by atoms with E-state index in [0.717, 1.165) is 108 Å². The Kier molecular flexibility index (Phi) is 76.6. The third kappa shape index (κ3) is 80.5. The highest BCUT2D eigenvalue weighted by atomic mass is 31.2. The molecule has 6 atom stereocenters. The van der Waals surface area contributed by atoms with Gasteiger partial charge in [0.05, 0.1) is 26.4 Å². The molecule has 0 aromatic heterocycles. The molecule has 0 radical (unpaired) electrons. The van der Waals surface area contributed by atoms with Gasteiger partial charge < -0.3 is 33.8 Å². The van der Waals surface area contributed by atoms with Gasteiger partial charge in [-0.15, -0.1) is 0 Å². The monoisotopic (exact) mass is 1560 g/mol. The van der Waals surface area contributed by atoms with Crippen LogP contribution in [0.4, 0.5) is 0 Å². The van der Waals surface area contributed by atoms with E-state index in [0.29, 0.717) is 31.6 Å². The molecule has 0 aliphatic rings. The highest BCUT2D eigenvalue weighted by Crippen LogP contribution is 2.45. The highest BCUT2D eigenvalue weighted by molar-refractivity contribution is 7.47. The Labute approximate surface area is 658 Å². The van der Waals surface area contributed by atoms with E-state index in [1.165, 1.54) is 270 Å². The van der Waals surface area contributed by atoms with Crippen LogP contribution in [-0.4, -0.2) is 96.7 Å². The van der Waals surface area contributed by atoms with Crippen LogP contribution >= 0.6 is 15.6 Å². The van der Waals surface area contributed by atoms with Crippen molar-refractivity contribution in [3.05, 3.63) is 0 Å². The van der Waals surface area contributed by atoms with E-state index < -0.39 is 97.5 Å². The molecule has 0 aliphatic heterocycles. The number of phosphoric acid groups is 2. The summed E-state index contributed by atoms with van der Waals surface area (Å²) in [6, 6.07) is 0. The Morgan fingerprint density at radius 3 is 0.710 bits per heavy atom. The topological polar surface area (TPSA) is 237 Å². The number of hydrogen-bond donors (Lipinski definition) is 3. The number of carbonyl (C=O) groups is 4. The van der Waals surface area contributed by atoms with Gasteiger partial charge in [0.2, 0.25) is 0 Å². The zero-order chi connectivity index (χ0) is 78.6. The van der Waals surface area contributed by atoms with Crippen molar-refractivity contribution in [1.29, 1.82) is 0 Å². The number of aliphatic hydroxyl groups is 1. The molecular formula is C88H172O17P2. The predicted octanol–water partition coefficient (Wildman–Crippen LogP) is 26.9. The zero-order valence-electron chi connectivity index (χ0n) is 70.6. The molecule has 0 saturated heterocycles. The molecule has 0 saturated carbocycles. The lowest BCUT2D eigenvalue weighted by atomic mass is 9.99. The number of unbranched alkanes of at least 4 members (excludes halogenated alkanes) is 53. The summed E-state index contributed by atoms with van der Waals surface area (Å²) in [7, 11) is -9.93. The van der Waals surface area contributed by atoms with E-state index >= 15 is 0 Å². The summed E-state index contributed by atoms with van der Waals surface area (Å²) in [6.07, 6.45) is 69.5. The summed E-state index contributed by atoms with van der Waals surface area (Å²) in [5.41, 5.74) is 0. The van der Waals surface area contributed by atoms with Gasteiger partial charge in [-0.3, -0.25) is 37.3 Å². The number of phosphoric ester groups is 2. The van der Waals surface area contributed by atoms with Crippen LogP contribution in [0, 0.1) is 17.8 Å². The summed E-state index contributed by atoms with van der Waals surface area (Å²) in [5.74, 6) is 0.260. The third-order valence-corrected chi connectivity index (χ3v) is 22.9. The van der Waals surface area contributed by atoms with Crippen molar-refractivity contribution in [2.24, 2.45) is 17.8 Å². The van der Waals surface area contributed by atoms with Gasteiger partial charge in [0.1, 0.15) is 19.3 Å². The van der Waals surface area contributed by atoms with Crippen molar-refractivity contribution in [3.8, 4) is 0 Å². The molecule has 3 unspecified atom stereocenters. The molecule has 0 aromatic rings. The summed E-state index contributed by atoms with van der Waals surface area (Å²) in [6.45, 7) is 12.0. The lowest BCUT2D eigenvalue weighted by Gasteiger charge is -2.21. The van der Waals surface area contributed by atoms with E-state index in [2.05, 4.69) is 48.5 Å². The molecule has 19 heteroatoms. The largest absolute Gasteiger partial charge is 0.472 e. The maximum absolute atomic E-state index is 13.2. The van der Waals surface area contributed by atoms with Crippen molar-refractivity contribution in [2.45, 2.75) is 484 Å². The maximum atomic E-state index is 13.2. The first-order valence-corrected chi connectivity index (χ1v) is 48.4. The third-order valence-electron chi connectivity index (χ3n) is 21.0. The van der Waals surface area contributed by atoms with E-state index in [1.807, 2.05) is 0 Å². The van der Waals surface area contributed by atoms with E-state index in [-0.39, 0.29) is 25.7 Å². The van der Waals surface area contributed by atoms with Gasteiger partial charge in [0, 0.05) is 25.7 Å². The molecule has 0 rings (SSSR count). The summed E-state index contributed by atoms with van der Waals surface area (Å²) in [5, 5.41) is 10.7. The number of esters is 4. The van der Waals surface area contributed by atoms with Gasteiger partial charge in [0.25, 0.3) is 0 Å². The van der Waals surface area contributed by atoms with Crippen molar-refractivity contribution < 1.29 is 80.2 Å². The van der Waals surface area contributed by atoms with Gasteiger partial charge in [-0.25, -0.2) is 9.13 Å². The average Bonchev–Trinajstić information content (AvgIpc) is 0.900. The van der Waals surface area contributed by atoms with Crippen LogP contribution in [0.2, 0.25) is 0 Å². The van der Waals surface area contributed by atoms with Gasteiger partial charge in [0.15, 0.2) is 12.2 Å².